The highest BCUT2D eigenvalue weighted by molar-refractivity contribution is 14.0. The van der Waals surface area contributed by atoms with E-state index in [1.807, 2.05) is 13.8 Å². The van der Waals surface area contributed by atoms with Crippen LogP contribution in [0.25, 0.3) is 0 Å². The highest BCUT2D eigenvalue weighted by Gasteiger charge is 2.32. The predicted octanol–water partition coefficient (Wildman–Crippen LogP) is 1.39. The molecular formula is C14H30IN3O3. The van der Waals surface area contributed by atoms with Crippen LogP contribution in [0.4, 0.5) is 0 Å². The molecule has 0 unspecified atom stereocenters. The second kappa shape index (κ2) is 9.81. The van der Waals surface area contributed by atoms with Crippen LogP contribution in [-0.4, -0.2) is 64.7 Å². The molecular weight excluding hydrogens is 385 g/mol. The summed E-state index contributed by atoms with van der Waals surface area (Å²) < 4.78 is 16.5. The Bertz CT molecular complexity index is 319. The lowest BCUT2D eigenvalue weighted by Gasteiger charge is -2.36. The van der Waals surface area contributed by atoms with E-state index in [1.165, 1.54) is 0 Å². The molecule has 0 amide bonds. The van der Waals surface area contributed by atoms with Crippen LogP contribution in [0.5, 0.6) is 0 Å². The zero-order valence-corrected chi connectivity index (χ0v) is 16.2. The third kappa shape index (κ3) is 7.12. The van der Waals surface area contributed by atoms with E-state index in [9.17, 15) is 0 Å². The molecule has 0 atom stereocenters. The molecule has 0 aromatic carbocycles. The molecule has 0 spiro atoms. The van der Waals surface area contributed by atoms with Crippen LogP contribution >= 0.6 is 24.0 Å². The number of guanidine groups is 1. The minimum Gasteiger partial charge on any atom is -0.381 e. The van der Waals surface area contributed by atoms with E-state index >= 15 is 0 Å². The largest absolute Gasteiger partial charge is 0.381 e. The third-order valence-electron chi connectivity index (χ3n) is 3.87. The Morgan fingerprint density at radius 3 is 2.33 bits per heavy atom. The maximum atomic E-state index is 5.69. The Labute approximate surface area is 145 Å². The van der Waals surface area contributed by atoms with Crippen molar-refractivity contribution >= 4 is 29.9 Å². The molecule has 0 radical (unpaired) electrons. The molecule has 7 heteroatoms. The van der Waals surface area contributed by atoms with Crippen molar-refractivity contribution in [3.63, 3.8) is 0 Å². The third-order valence-corrected chi connectivity index (χ3v) is 3.87. The summed E-state index contributed by atoms with van der Waals surface area (Å²) in [5, 5.41) is 6.60. The summed E-state index contributed by atoms with van der Waals surface area (Å²) in [6, 6.07) is 0. The summed E-state index contributed by atoms with van der Waals surface area (Å²) in [5.41, 5.74) is -0.387. The topological polar surface area (TPSA) is 64.1 Å². The predicted molar refractivity (Wildman–Crippen MR) is 95.7 cm³/mol. The molecule has 1 rings (SSSR count). The first-order valence-corrected chi connectivity index (χ1v) is 7.09. The minimum absolute atomic E-state index is 0. The first kappa shape index (κ1) is 20.9. The fourth-order valence-corrected chi connectivity index (χ4v) is 2.03. The number of ether oxygens (including phenoxy) is 3. The molecule has 0 saturated carbocycles. The van der Waals surface area contributed by atoms with Crippen LogP contribution < -0.4 is 10.6 Å². The zero-order chi connectivity index (χ0) is 15.1. The fraction of sp³-hybridized carbons (Fsp3) is 0.929. The lowest BCUT2D eigenvalue weighted by atomic mass is 9.94. The lowest BCUT2D eigenvalue weighted by molar-refractivity contribution is -0.0855. The Morgan fingerprint density at radius 1 is 1.24 bits per heavy atom. The van der Waals surface area contributed by atoms with Gasteiger partial charge in [0.05, 0.1) is 11.2 Å². The Balaban J connectivity index is 0.00000400. The van der Waals surface area contributed by atoms with Crippen LogP contribution in [0.1, 0.15) is 26.7 Å². The van der Waals surface area contributed by atoms with Gasteiger partial charge in [0.25, 0.3) is 0 Å². The maximum absolute atomic E-state index is 5.69. The second-order valence-corrected chi connectivity index (χ2v) is 5.74. The molecule has 1 saturated heterocycles. The van der Waals surface area contributed by atoms with Gasteiger partial charge in [-0.15, -0.1) is 24.0 Å². The Kier molecular flexibility index (Phi) is 9.75. The second-order valence-electron chi connectivity index (χ2n) is 5.74. The Hall–Kier alpha value is -0.120. The SMILES string of the molecule is CN=C(NCC(C)(C)OC)NCC1(OC)CCOCC1.I. The van der Waals surface area contributed by atoms with Gasteiger partial charge in [0.1, 0.15) is 0 Å². The van der Waals surface area contributed by atoms with Gasteiger partial charge in [-0.3, -0.25) is 4.99 Å². The molecule has 1 aliphatic rings. The highest BCUT2D eigenvalue weighted by Crippen LogP contribution is 2.23. The van der Waals surface area contributed by atoms with Crippen molar-refractivity contribution in [1.29, 1.82) is 0 Å². The van der Waals surface area contributed by atoms with Crippen LogP contribution in [-0.2, 0) is 14.2 Å². The number of methoxy groups -OCH3 is 2. The highest BCUT2D eigenvalue weighted by atomic mass is 127. The molecule has 2 N–H and O–H groups in total. The maximum Gasteiger partial charge on any atom is 0.191 e. The Morgan fingerprint density at radius 2 is 1.86 bits per heavy atom. The summed E-state index contributed by atoms with van der Waals surface area (Å²) in [4.78, 5) is 4.23. The van der Waals surface area contributed by atoms with Gasteiger partial charge < -0.3 is 24.8 Å². The molecule has 0 aromatic rings. The van der Waals surface area contributed by atoms with E-state index in [0.717, 1.165) is 38.6 Å². The summed E-state index contributed by atoms with van der Waals surface area (Å²) in [7, 11) is 5.23. The zero-order valence-electron chi connectivity index (χ0n) is 13.8. The number of rotatable bonds is 6. The normalized spacial score (nSPS) is 18.8. The molecule has 126 valence electrons. The van der Waals surface area contributed by atoms with Crippen LogP contribution in [0.15, 0.2) is 4.99 Å². The number of nitrogens with one attached hydrogen (secondary N) is 2. The van der Waals surface area contributed by atoms with Crippen molar-refractivity contribution in [2.45, 2.75) is 37.9 Å². The van der Waals surface area contributed by atoms with Crippen molar-refractivity contribution in [2.75, 3.05) is 47.6 Å². The number of aliphatic imine (C=N–C) groups is 1. The molecule has 1 fully saturated rings. The van der Waals surface area contributed by atoms with E-state index in [0.29, 0.717) is 6.54 Å². The molecule has 21 heavy (non-hydrogen) atoms. The van der Waals surface area contributed by atoms with Gasteiger partial charge in [-0.1, -0.05) is 0 Å². The van der Waals surface area contributed by atoms with E-state index in [4.69, 9.17) is 14.2 Å². The molecule has 1 heterocycles. The van der Waals surface area contributed by atoms with Crippen molar-refractivity contribution in [2.24, 2.45) is 4.99 Å². The lowest BCUT2D eigenvalue weighted by Crippen LogP contribution is -2.52. The van der Waals surface area contributed by atoms with E-state index in [2.05, 4.69) is 15.6 Å². The molecule has 0 aromatic heterocycles. The average Bonchev–Trinajstić information content (AvgIpc) is 2.48. The fourth-order valence-electron chi connectivity index (χ4n) is 2.03. The van der Waals surface area contributed by atoms with Crippen molar-refractivity contribution in [1.82, 2.24) is 10.6 Å². The van der Waals surface area contributed by atoms with Crippen LogP contribution in [0.2, 0.25) is 0 Å². The van der Waals surface area contributed by atoms with Gasteiger partial charge in [-0.2, -0.15) is 0 Å². The van der Waals surface area contributed by atoms with Crippen molar-refractivity contribution < 1.29 is 14.2 Å². The number of halogens is 1. The average molecular weight is 415 g/mol. The summed E-state index contributed by atoms with van der Waals surface area (Å²) in [5.74, 6) is 0.762. The number of hydrogen-bond donors (Lipinski definition) is 2. The van der Waals surface area contributed by atoms with Crippen molar-refractivity contribution in [3.8, 4) is 0 Å². The summed E-state index contributed by atoms with van der Waals surface area (Å²) in [6.45, 7) is 6.97. The molecule has 6 nitrogen and oxygen atoms in total. The van der Waals surface area contributed by atoms with Gasteiger partial charge in [-0.05, 0) is 13.8 Å². The molecule has 1 aliphatic heterocycles. The molecule has 0 aliphatic carbocycles. The number of nitrogens with zero attached hydrogens (tertiary/aromatic N) is 1. The standard InChI is InChI=1S/C14H29N3O3.HI/c1-13(2,18-4)10-16-12(15-3)17-11-14(19-5)6-8-20-9-7-14;/h6-11H2,1-5H3,(H2,15,16,17);1H. The van der Waals surface area contributed by atoms with Gasteiger partial charge in [0.2, 0.25) is 0 Å². The van der Waals surface area contributed by atoms with E-state index < -0.39 is 0 Å². The molecule has 0 bridgehead atoms. The van der Waals surface area contributed by atoms with E-state index in [1.54, 1.807) is 21.3 Å². The summed E-state index contributed by atoms with van der Waals surface area (Å²) >= 11 is 0. The quantitative estimate of drug-likeness (QED) is 0.390. The minimum atomic E-state index is -0.227. The van der Waals surface area contributed by atoms with Crippen LogP contribution in [0, 0.1) is 0 Å². The number of hydrogen-bond acceptors (Lipinski definition) is 4. The smallest absolute Gasteiger partial charge is 0.191 e. The summed E-state index contributed by atoms with van der Waals surface area (Å²) in [6.07, 6.45) is 1.80. The first-order valence-electron chi connectivity index (χ1n) is 7.09. The van der Waals surface area contributed by atoms with Gasteiger partial charge in [-0.25, -0.2) is 0 Å². The first-order chi connectivity index (χ1) is 9.47. The van der Waals surface area contributed by atoms with Gasteiger partial charge >= 0.3 is 0 Å². The monoisotopic (exact) mass is 415 g/mol. The van der Waals surface area contributed by atoms with Gasteiger partial charge in [0, 0.05) is 60.4 Å². The van der Waals surface area contributed by atoms with Crippen LogP contribution in [0.3, 0.4) is 0 Å². The van der Waals surface area contributed by atoms with Crippen molar-refractivity contribution in [3.05, 3.63) is 0 Å². The van der Waals surface area contributed by atoms with Gasteiger partial charge in [0.15, 0.2) is 5.96 Å². The van der Waals surface area contributed by atoms with E-state index in [-0.39, 0.29) is 35.2 Å².